The van der Waals surface area contributed by atoms with Crippen molar-refractivity contribution in [3.05, 3.63) is 83.4 Å². The van der Waals surface area contributed by atoms with Crippen molar-refractivity contribution in [1.82, 2.24) is 5.32 Å². The third kappa shape index (κ3) is 7.18. The van der Waals surface area contributed by atoms with E-state index in [-0.39, 0.29) is 22.9 Å². The van der Waals surface area contributed by atoms with Gasteiger partial charge >= 0.3 is 0 Å². The summed E-state index contributed by atoms with van der Waals surface area (Å²) in [7, 11) is -1.09. The molecule has 0 radical (unpaired) electrons. The minimum Gasteiger partial charge on any atom is -0.497 e. The SMILES string of the molecule is COc1ccc(N(CC(=O)NCCSCc2ccc(C)cc2)S(=O)(=O)c2ccc(C)cc2)c(OC)c1. The van der Waals surface area contributed by atoms with Crippen LogP contribution in [0, 0.1) is 13.8 Å². The lowest BCUT2D eigenvalue weighted by molar-refractivity contribution is -0.119. The summed E-state index contributed by atoms with van der Waals surface area (Å²) in [5, 5.41) is 2.84. The van der Waals surface area contributed by atoms with Crippen LogP contribution in [-0.2, 0) is 20.6 Å². The quantitative estimate of drug-likeness (QED) is 0.347. The van der Waals surface area contributed by atoms with Crippen LogP contribution in [0.3, 0.4) is 0 Å². The standard InChI is InChI=1S/C27H32N2O5S2/c1-20-5-9-22(10-6-20)19-35-16-15-28-27(30)18-29(25-14-11-23(33-3)17-26(25)34-4)36(31,32)24-12-7-21(2)8-13-24/h5-14,17H,15-16,18-19H2,1-4H3,(H,28,30). The molecule has 0 aliphatic rings. The number of amides is 1. The van der Waals surface area contributed by atoms with Gasteiger partial charge in [-0.15, -0.1) is 0 Å². The van der Waals surface area contributed by atoms with Gasteiger partial charge in [-0.25, -0.2) is 8.42 Å². The van der Waals surface area contributed by atoms with Crippen LogP contribution < -0.4 is 19.1 Å². The lowest BCUT2D eigenvalue weighted by Crippen LogP contribution is -2.41. The number of sulfonamides is 1. The Morgan fingerprint density at radius 1 is 0.917 bits per heavy atom. The molecule has 1 N–H and O–H groups in total. The van der Waals surface area contributed by atoms with E-state index in [0.29, 0.717) is 18.0 Å². The number of hydrogen-bond donors (Lipinski definition) is 1. The first kappa shape index (κ1) is 27.4. The molecule has 9 heteroatoms. The van der Waals surface area contributed by atoms with Gasteiger partial charge in [-0.1, -0.05) is 47.5 Å². The molecule has 0 aromatic heterocycles. The van der Waals surface area contributed by atoms with Crippen molar-refractivity contribution >= 4 is 33.4 Å². The van der Waals surface area contributed by atoms with Gasteiger partial charge in [0.05, 0.1) is 24.8 Å². The zero-order chi connectivity index (χ0) is 26.1. The van der Waals surface area contributed by atoms with Gasteiger partial charge in [-0.3, -0.25) is 9.10 Å². The maximum absolute atomic E-state index is 13.6. The summed E-state index contributed by atoms with van der Waals surface area (Å²) in [5.41, 5.74) is 3.62. The molecular formula is C27H32N2O5S2. The number of aryl methyl sites for hydroxylation is 2. The zero-order valence-corrected chi connectivity index (χ0v) is 22.6. The fourth-order valence-electron chi connectivity index (χ4n) is 3.45. The third-order valence-electron chi connectivity index (χ3n) is 5.51. The Kier molecular flexibility index (Phi) is 9.66. The summed E-state index contributed by atoms with van der Waals surface area (Å²) >= 11 is 1.70. The van der Waals surface area contributed by atoms with E-state index in [1.54, 1.807) is 42.1 Å². The summed E-state index contributed by atoms with van der Waals surface area (Å²) < 4.78 is 39.0. The number of carbonyl (C=O) groups is 1. The number of nitrogens with zero attached hydrogens (tertiary/aromatic N) is 1. The molecule has 0 atom stereocenters. The molecule has 1 amide bonds. The minimum atomic E-state index is -4.05. The Hall–Kier alpha value is -3.17. The maximum atomic E-state index is 13.6. The smallest absolute Gasteiger partial charge is 0.264 e. The first-order valence-electron chi connectivity index (χ1n) is 11.5. The van der Waals surface area contributed by atoms with E-state index in [1.807, 2.05) is 6.92 Å². The highest BCUT2D eigenvalue weighted by Crippen LogP contribution is 2.35. The average Bonchev–Trinajstić information content (AvgIpc) is 2.88. The molecule has 3 aromatic rings. The second-order valence-corrected chi connectivity index (χ2v) is 11.2. The van der Waals surface area contributed by atoms with E-state index in [9.17, 15) is 13.2 Å². The molecular weight excluding hydrogens is 496 g/mol. The van der Waals surface area contributed by atoms with Gasteiger partial charge in [0, 0.05) is 24.1 Å². The predicted octanol–water partition coefficient (Wildman–Crippen LogP) is 4.57. The fraction of sp³-hybridized carbons (Fsp3) is 0.296. The first-order valence-corrected chi connectivity index (χ1v) is 14.1. The van der Waals surface area contributed by atoms with E-state index >= 15 is 0 Å². The molecule has 0 aliphatic carbocycles. The number of ether oxygens (including phenoxy) is 2. The van der Waals surface area contributed by atoms with Crippen molar-refractivity contribution in [3.63, 3.8) is 0 Å². The minimum absolute atomic E-state index is 0.0902. The van der Waals surface area contributed by atoms with Crippen molar-refractivity contribution in [2.24, 2.45) is 0 Å². The molecule has 0 fully saturated rings. The Bertz CT molecular complexity index is 1260. The van der Waals surface area contributed by atoms with Crippen molar-refractivity contribution in [2.75, 3.05) is 37.4 Å². The number of benzene rings is 3. The molecule has 0 saturated carbocycles. The van der Waals surface area contributed by atoms with E-state index in [2.05, 4.69) is 36.5 Å². The van der Waals surface area contributed by atoms with Crippen molar-refractivity contribution in [1.29, 1.82) is 0 Å². The van der Waals surface area contributed by atoms with Gasteiger partial charge in [0.25, 0.3) is 10.0 Å². The van der Waals surface area contributed by atoms with Gasteiger partial charge in [0.2, 0.25) is 5.91 Å². The predicted molar refractivity (Wildman–Crippen MR) is 146 cm³/mol. The molecule has 0 heterocycles. The highest BCUT2D eigenvalue weighted by molar-refractivity contribution is 7.98. The van der Waals surface area contributed by atoms with E-state index < -0.39 is 15.9 Å². The number of carbonyl (C=O) groups excluding carboxylic acids is 1. The van der Waals surface area contributed by atoms with Gasteiger partial charge in [0.1, 0.15) is 18.0 Å². The lowest BCUT2D eigenvalue weighted by atomic mass is 10.2. The molecule has 0 spiro atoms. The zero-order valence-electron chi connectivity index (χ0n) is 21.0. The number of anilines is 1. The van der Waals surface area contributed by atoms with Crippen LogP contribution in [0.1, 0.15) is 16.7 Å². The van der Waals surface area contributed by atoms with Crippen LogP contribution >= 0.6 is 11.8 Å². The molecule has 0 bridgehead atoms. The molecule has 36 heavy (non-hydrogen) atoms. The molecule has 3 aromatic carbocycles. The monoisotopic (exact) mass is 528 g/mol. The Labute approximate surface area is 217 Å². The topological polar surface area (TPSA) is 84.9 Å². The van der Waals surface area contributed by atoms with Crippen LogP contribution in [0.5, 0.6) is 11.5 Å². The van der Waals surface area contributed by atoms with Gasteiger partial charge in [0.15, 0.2) is 0 Å². The Morgan fingerprint density at radius 2 is 1.56 bits per heavy atom. The van der Waals surface area contributed by atoms with Gasteiger partial charge in [-0.2, -0.15) is 11.8 Å². The second-order valence-electron chi connectivity index (χ2n) is 8.25. The molecule has 0 saturated heterocycles. The number of rotatable bonds is 12. The molecule has 7 nitrogen and oxygen atoms in total. The fourth-order valence-corrected chi connectivity index (χ4v) is 5.70. The summed E-state index contributed by atoms with van der Waals surface area (Å²) in [5.74, 6) is 1.94. The lowest BCUT2D eigenvalue weighted by Gasteiger charge is -2.26. The molecule has 192 valence electrons. The Morgan fingerprint density at radius 3 is 2.17 bits per heavy atom. The van der Waals surface area contributed by atoms with E-state index in [1.165, 1.54) is 37.5 Å². The van der Waals surface area contributed by atoms with Crippen molar-refractivity contribution in [3.8, 4) is 11.5 Å². The third-order valence-corrected chi connectivity index (χ3v) is 8.31. The number of nitrogens with one attached hydrogen (secondary N) is 1. The van der Waals surface area contributed by atoms with Gasteiger partial charge in [-0.05, 0) is 43.7 Å². The van der Waals surface area contributed by atoms with Gasteiger partial charge < -0.3 is 14.8 Å². The average molecular weight is 529 g/mol. The maximum Gasteiger partial charge on any atom is 0.264 e. The normalized spacial score (nSPS) is 11.1. The molecule has 0 aliphatic heterocycles. The number of thioether (sulfide) groups is 1. The van der Waals surface area contributed by atoms with Crippen LogP contribution in [-0.4, -0.2) is 47.4 Å². The summed E-state index contributed by atoms with van der Waals surface area (Å²) in [4.78, 5) is 13.0. The van der Waals surface area contributed by atoms with Crippen molar-refractivity contribution < 1.29 is 22.7 Å². The summed E-state index contributed by atoms with van der Waals surface area (Å²) in [6, 6.07) is 19.7. The van der Waals surface area contributed by atoms with E-state index in [0.717, 1.165) is 15.6 Å². The number of hydrogen-bond acceptors (Lipinski definition) is 6. The largest absolute Gasteiger partial charge is 0.497 e. The highest BCUT2D eigenvalue weighted by Gasteiger charge is 2.29. The van der Waals surface area contributed by atoms with Crippen LogP contribution in [0.4, 0.5) is 5.69 Å². The number of methoxy groups -OCH3 is 2. The Balaban J connectivity index is 1.73. The van der Waals surface area contributed by atoms with Crippen LogP contribution in [0.2, 0.25) is 0 Å². The molecule has 3 rings (SSSR count). The summed E-state index contributed by atoms with van der Waals surface area (Å²) in [6.45, 7) is 3.97. The second kappa shape index (κ2) is 12.7. The highest BCUT2D eigenvalue weighted by atomic mass is 32.2. The van der Waals surface area contributed by atoms with E-state index in [4.69, 9.17) is 9.47 Å². The first-order chi connectivity index (χ1) is 17.2. The van der Waals surface area contributed by atoms with Crippen molar-refractivity contribution in [2.45, 2.75) is 24.5 Å². The van der Waals surface area contributed by atoms with Crippen LogP contribution in [0.25, 0.3) is 0 Å². The molecule has 0 unspecified atom stereocenters. The summed E-state index contributed by atoms with van der Waals surface area (Å²) in [6.07, 6.45) is 0. The van der Waals surface area contributed by atoms with Crippen LogP contribution in [0.15, 0.2) is 71.6 Å².